The number of methoxy groups -OCH3 is 1. The number of amides is 1. The van der Waals surface area contributed by atoms with Crippen LogP contribution in [-0.4, -0.2) is 42.5 Å². The Morgan fingerprint density at radius 1 is 1.18 bits per heavy atom. The average molecular weight is 461 g/mol. The number of nitrogens with zero attached hydrogens (tertiary/aromatic N) is 5. The topological polar surface area (TPSA) is 107 Å². The van der Waals surface area contributed by atoms with Crippen molar-refractivity contribution in [2.45, 2.75) is 13.1 Å². The molecule has 33 heavy (non-hydrogen) atoms. The van der Waals surface area contributed by atoms with Crippen LogP contribution in [0.3, 0.4) is 0 Å². The molecule has 166 valence electrons. The highest BCUT2D eigenvalue weighted by molar-refractivity contribution is 7.15. The van der Waals surface area contributed by atoms with Crippen molar-refractivity contribution in [1.29, 1.82) is 0 Å². The minimum Gasteiger partial charge on any atom is -0.504 e. The third-order valence-corrected chi connectivity index (χ3v) is 5.96. The number of rotatable bonds is 7. The molecule has 0 fully saturated rings. The zero-order valence-electron chi connectivity index (χ0n) is 17.7. The molecular weight excluding hydrogens is 440 g/mol. The maximum atomic E-state index is 12.8. The highest BCUT2D eigenvalue weighted by atomic mass is 32.1. The van der Waals surface area contributed by atoms with Gasteiger partial charge in [-0.15, -0.1) is 16.4 Å². The molecule has 2 aromatic carbocycles. The number of hydrogen-bond donors (Lipinski definition) is 2. The maximum Gasteiger partial charge on any atom is 0.269 e. The van der Waals surface area contributed by atoms with E-state index in [0.717, 1.165) is 21.8 Å². The third kappa shape index (κ3) is 4.28. The molecule has 0 bridgehead atoms. The predicted molar refractivity (Wildman–Crippen MR) is 123 cm³/mol. The Morgan fingerprint density at radius 2 is 2.03 bits per heavy atom. The first-order valence-electron chi connectivity index (χ1n) is 10.2. The predicted octanol–water partition coefficient (Wildman–Crippen LogP) is 3.35. The van der Waals surface area contributed by atoms with E-state index in [-0.39, 0.29) is 18.2 Å². The summed E-state index contributed by atoms with van der Waals surface area (Å²) in [6, 6.07) is 15.0. The van der Waals surface area contributed by atoms with E-state index in [1.807, 2.05) is 42.6 Å². The number of nitrogens with one attached hydrogen (secondary N) is 1. The molecule has 9 nitrogen and oxygen atoms in total. The van der Waals surface area contributed by atoms with E-state index in [9.17, 15) is 9.90 Å². The molecule has 3 aromatic heterocycles. The van der Waals surface area contributed by atoms with Gasteiger partial charge in [0.2, 0.25) is 0 Å². The van der Waals surface area contributed by atoms with Gasteiger partial charge in [0.25, 0.3) is 5.91 Å². The molecule has 0 unspecified atom stereocenters. The van der Waals surface area contributed by atoms with E-state index in [1.165, 1.54) is 18.4 Å². The molecule has 3 heterocycles. The summed E-state index contributed by atoms with van der Waals surface area (Å²) in [7, 11) is 1.50. The SMILES string of the molecule is COc1ccc(Cn2cc(CNC(=O)c3csc4nc(-c5ccccc5)cn34)nn2)cc1O. The second-order valence-corrected chi connectivity index (χ2v) is 8.20. The van der Waals surface area contributed by atoms with Crippen LogP contribution in [0.15, 0.2) is 66.3 Å². The van der Waals surface area contributed by atoms with Crippen LogP contribution in [0.2, 0.25) is 0 Å². The van der Waals surface area contributed by atoms with Crippen molar-refractivity contribution in [3.05, 3.63) is 83.3 Å². The molecule has 0 saturated heterocycles. The van der Waals surface area contributed by atoms with Gasteiger partial charge in [0, 0.05) is 17.1 Å². The van der Waals surface area contributed by atoms with Gasteiger partial charge in [-0.1, -0.05) is 41.6 Å². The van der Waals surface area contributed by atoms with Crippen LogP contribution in [0.4, 0.5) is 0 Å². The Bertz CT molecular complexity index is 1420. The van der Waals surface area contributed by atoms with Gasteiger partial charge in [0.15, 0.2) is 16.5 Å². The zero-order chi connectivity index (χ0) is 22.8. The highest BCUT2D eigenvalue weighted by Gasteiger charge is 2.15. The molecule has 5 aromatic rings. The van der Waals surface area contributed by atoms with Crippen molar-refractivity contribution >= 4 is 22.2 Å². The molecule has 0 radical (unpaired) electrons. The van der Waals surface area contributed by atoms with Crippen LogP contribution in [0, 0.1) is 0 Å². The fraction of sp³-hybridized carbons (Fsp3) is 0.130. The summed E-state index contributed by atoms with van der Waals surface area (Å²) in [5.74, 6) is 0.268. The standard InChI is InChI=1S/C23H20N6O3S/c1-32-21-8-7-15(9-20(21)30)11-28-12-17(26-27-28)10-24-22(31)19-14-33-23-25-18(13-29(19)23)16-5-3-2-4-6-16/h2-9,12-14,30H,10-11H2,1H3,(H,24,31). The smallest absolute Gasteiger partial charge is 0.269 e. The molecule has 0 atom stereocenters. The lowest BCUT2D eigenvalue weighted by molar-refractivity contribution is 0.0945. The van der Waals surface area contributed by atoms with Crippen molar-refractivity contribution in [3.63, 3.8) is 0 Å². The number of aromatic nitrogens is 5. The lowest BCUT2D eigenvalue weighted by Gasteiger charge is -2.06. The Labute approximate surface area is 192 Å². The fourth-order valence-electron chi connectivity index (χ4n) is 3.47. The average Bonchev–Trinajstić information content (AvgIpc) is 3.54. The van der Waals surface area contributed by atoms with E-state index < -0.39 is 0 Å². The van der Waals surface area contributed by atoms with Crippen LogP contribution < -0.4 is 10.1 Å². The van der Waals surface area contributed by atoms with Gasteiger partial charge >= 0.3 is 0 Å². The second-order valence-electron chi connectivity index (χ2n) is 7.36. The minimum absolute atomic E-state index is 0.0691. The Morgan fingerprint density at radius 3 is 2.82 bits per heavy atom. The van der Waals surface area contributed by atoms with Gasteiger partial charge in [-0.05, 0) is 17.7 Å². The fourth-order valence-corrected chi connectivity index (χ4v) is 4.33. The quantitative estimate of drug-likeness (QED) is 0.386. The van der Waals surface area contributed by atoms with E-state index in [4.69, 9.17) is 4.74 Å². The summed E-state index contributed by atoms with van der Waals surface area (Å²) < 4.78 is 8.51. The summed E-state index contributed by atoms with van der Waals surface area (Å²) in [5, 5.41) is 22.8. The highest BCUT2D eigenvalue weighted by Crippen LogP contribution is 2.26. The summed E-state index contributed by atoms with van der Waals surface area (Å²) in [6.45, 7) is 0.672. The number of imidazole rings is 1. The van der Waals surface area contributed by atoms with Crippen molar-refractivity contribution in [3.8, 4) is 22.8 Å². The van der Waals surface area contributed by atoms with E-state index in [2.05, 4.69) is 20.6 Å². The first-order valence-corrected chi connectivity index (χ1v) is 11.0. The molecule has 0 spiro atoms. The van der Waals surface area contributed by atoms with Crippen molar-refractivity contribution in [1.82, 2.24) is 29.7 Å². The number of phenolic OH excluding ortho intramolecular Hbond substituents is 1. The van der Waals surface area contributed by atoms with Gasteiger partial charge in [-0.2, -0.15) is 0 Å². The molecule has 0 aliphatic carbocycles. The number of carbonyl (C=O) groups excluding carboxylic acids is 1. The molecule has 5 rings (SSSR count). The van der Waals surface area contributed by atoms with Crippen LogP contribution in [-0.2, 0) is 13.1 Å². The Hall–Kier alpha value is -4.18. The number of hydrogen-bond acceptors (Lipinski definition) is 7. The zero-order valence-corrected chi connectivity index (χ0v) is 18.5. The van der Waals surface area contributed by atoms with Crippen LogP contribution in [0.1, 0.15) is 21.7 Å². The normalized spacial score (nSPS) is 11.1. The number of thiazole rings is 1. The largest absolute Gasteiger partial charge is 0.504 e. The van der Waals surface area contributed by atoms with Crippen LogP contribution in [0.5, 0.6) is 11.5 Å². The summed E-state index contributed by atoms with van der Waals surface area (Å²) in [6.07, 6.45) is 3.63. The van der Waals surface area contributed by atoms with E-state index >= 15 is 0 Å². The molecule has 2 N–H and O–H groups in total. The van der Waals surface area contributed by atoms with Gasteiger partial charge < -0.3 is 15.2 Å². The summed E-state index contributed by atoms with van der Waals surface area (Å²) in [5.41, 5.74) is 3.82. The first kappa shape index (κ1) is 20.7. The Kier molecular flexibility index (Phi) is 5.49. The second kappa shape index (κ2) is 8.75. The first-order chi connectivity index (χ1) is 16.1. The number of fused-ring (bicyclic) bond motifs is 1. The lowest BCUT2D eigenvalue weighted by Crippen LogP contribution is -2.24. The van der Waals surface area contributed by atoms with Gasteiger partial charge in [0.05, 0.1) is 32.1 Å². The molecule has 1 amide bonds. The molecular formula is C23H20N6O3S. The molecule has 0 aliphatic heterocycles. The van der Waals surface area contributed by atoms with Crippen molar-refractivity contribution in [2.24, 2.45) is 0 Å². The van der Waals surface area contributed by atoms with Crippen LogP contribution in [0.25, 0.3) is 16.2 Å². The Balaban J connectivity index is 1.24. The van der Waals surface area contributed by atoms with Crippen molar-refractivity contribution < 1.29 is 14.6 Å². The van der Waals surface area contributed by atoms with Crippen molar-refractivity contribution in [2.75, 3.05) is 7.11 Å². The maximum absolute atomic E-state index is 12.8. The number of aromatic hydroxyl groups is 1. The van der Waals surface area contributed by atoms with Gasteiger partial charge in [0.1, 0.15) is 11.4 Å². The van der Waals surface area contributed by atoms with E-state index in [1.54, 1.807) is 32.8 Å². The number of benzene rings is 2. The molecule has 0 saturated carbocycles. The lowest BCUT2D eigenvalue weighted by atomic mass is 10.2. The third-order valence-electron chi connectivity index (χ3n) is 5.12. The molecule has 0 aliphatic rings. The summed E-state index contributed by atoms with van der Waals surface area (Å²) in [4.78, 5) is 18.2. The van der Waals surface area contributed by atoms with Gasteiger partial charge in [-0.25, -0.2) is 9.67 Å². The number of ether oxygens (including phenoxy) is 1. The van der Waals surface area contributed by atoms with Gasteiger partial charge in [-0.3, -0.25) is 9.20 Å². The monoisotopic (exact) mass is 460 g/mol. The number of carbonyl (C=O) groups is 1. The van der Waals surface area contributed by atoms with Crippen LogP contribution >= 0.6 is 11.3 Å². The molecule has 10 heteroatoms. The van der Waals surface area contributed by atoms with E-state index in [0.29, 0.717) is 23.7 Å². The summed E-state index contributed by atoms with van der Waals surface area (Å²) >= 11 is 1.42. The number of phenols is 1. The minimum atomic E-state index is -0.215.